The van der Waals surface area contributed by atoms with E-state index in [1.807, 2.05) is 0 Å². The molecule has 0 fully saturated rings. The predicted octanol–water partition coefficient (Wildman–Crippen LogP) is 2.54. The van der Waals surface area contributed by atoms with Crippen LogP contribution in [0.1, 0.15) is 32.1 Å². The van der Waals surface area contributed by atoms with Crippen molar-refractivity contribution in [2.75, 3.05) is 0 Å². The molecule has 0 unspecified atom stereocenters. The molecule has 0 amide bonds. The predicted molar refractivity (Wildman–Crippen MR) is 29.4 cm³/mol. The van der Waals surface area contributed by atoms with Gasteiger partial charge in [-0.05, 0) is 5.41 Å². The molecule has 0 aromatic rings. The SMILES string of the molecule is CC(C)(C)C.[2HH].[2H][2H]. The second kappa shape index (κ2) is 1.00. The summed E-state index contributed by atoms with van der Waals surface area (Å²) in [6.45, 7) is 8.75. The summed E-state index contributed by atoms with van der Waals surface area (Å²) in [6, 6.07) is 0. The van der Waals surface area contributed by atoms with E-state index in [0.717, 1.165) is 0 Å². The van der Waals surface area contributed by atoms with Crippen LogP contribution in [0, 0.1) is 5.41 Å². The van der Waals surface area contributed by atoms with Crippen molar-refractivity contribution in [3.05, 3.63) is 0 Å². The van der Waals surface area contributed by atoms with E-state index in [9.17, 15) is 0 Å². The van der Waals surface area contributed by atoms with Gasteiger partial charge in [0.05, 0.1) is 0 Å². The Morgan fingerprint density at radius 1 is 1.20 bits per heavy atom. The van der Waals surface area contributed by atoms with Crippen LogP contribution in [0.25, 0.3) is 0 Å². The van der Waals surface area contributed by atoms with Crippen molar-refractivity contribution >= 4 is 0 Å². The second-order valence-electron chi connectivity index (χ2n) is 3.00. The first-order valence-electron chi connectivity index (χ1n) is 3.00. The van der Waals surface area contributed by atoms with Crippen LogP contribution in [-0.2, 0) is 0 Å². The molecule has 0 spiro atoms. The van der Waals surface area contributed by atoms with Gasteiger partial charge in [-0.2, -0.15) is 0 Å². The van der Waals surface area contributed by atoms with Gasteiger partial charge in [0, 0.05) is 4.40 Å². The summed E-state index contributed by atoms with van der Waals surface area (Å²) in [5, 5.41) is 0. The molecule has 0 saturated heterocycles. The Labute approximate surface area is 38.8 Å². The van der Waals surface area contributed by atoms with Gasteiger partial charge in [0.15, 0.2) is 0 Å². The molecule has 0 aliphatic heterocycles. The molecular weight excluding hydrogens is 60.1 g/mol. The highest BCUT2D eigenvalue weighted by molar-refractivity contribution is 4.47. The lowest BCUT2D eigenvalue weighted by molar-refractivity contribution is 0.469. The fourth-order valence-corrected chi connectivity index (χ4v) is 0. The van der Waals surface area contributed by atoms with Crippen molar-refractivity contribution < 1.29 is 4.40 Å². The Hall–Kier alpha value is 0. The van der Waals surface area contributed by atoms with Gasteiger partial charge in [-0.25, -0.2) is 0 Å². The fourth-order valence-electron chi connectivity index (χ4n) is 0. The topological polar surface area (TPSA) is 0 Å². The maximum Gasteiger partial charge on any atom is 0 e. The lowest BCUT2D eigenvalue weighted by Gasteiger charge is -2.05. The summed E-state index contributed by atoms with van der Waals surface area (Å²) in [5.41, 5.74) is 0.500. The van der Waals surface area contributed by atoms with Crippen LogP contribution >= 0.6 is 0 Å². The fraction of sp³-hybridized carbons (Fsp3) is 1.00. The smallest absolute Gasteiger partial charge is 0 e. The molecule has 0 atom stereocenters. The minimum absolute atomic E-state index is 0. The van der Waals surface area contributed by atoms with E-state index in [2.05, 4.69) is 27.7 Å². The Morgan fingerprint density at radius 2 is 1.20 bits per heavy atom. The third-order valence-corrected chi connectivity index (χ3v) is 0. The molecule has 0 N–H and O–H groups in total. The summed E-state index contributed by atoms with van der Waals surface area (Å²) >= 11 is 0. The van der Waals surface area contributed by atoms with Gasteiger partial charge in [0.25, 0.3) is 0 Å². The van der Waals surface area contributed by atoms with Crippen LogP contribution in [0.15, 0.2) is 0 Å². The van der Waals surface area contributed by atoms with Crippen LogP contribution in [-0.4, -0.2) is 0 Å². The standard InChI is InChI=1S/C5H12.2H2/c1-5(2,3)4;;/h1-4H3;2*1H/i;1+1D;1+1. The van der Waals surface area contributed by atoms with Gasteiger partial charge in [-0.15, -0.1) is 0 Å². The van der Waals surface area contributed by atoms with Gasteiger partial charge in [0.2, 0.25) is 0 Å². The minimum Gasteiger partial charge on any atom is -0.0604 e. The molecule has 36 valence electrons. The summed E-state index contributed by atoms with van der Waals surface area (Å²) in [6.07, 6.45) is 0. The van der Waals surface area contributed by atoms with E-state index in [1.54, 1.807) is 0 Å². The zero-order chi connectivity index (χ0) is 6.50. The van der Waals surface area contributed by atoms with Gasteiger partial charge in [-0.3, -0.25) is 0 Å². The van der Waals surface area contributed by atoms with Gasteiger partial charge >= 0.3 is 0 Å². The highest BCUT2D eigenvalue weighted by atomic mass is 14.0. The van der Waals surface area contributed by atoms with E-state index in [-0.39, 0.29) is 1.43 Å². The largest absolute Gasteiger partial charge is 0.0604 e. The quantitative estimate of drug-likeness (QED) is 0.418. The molecule has 0 heterocycles. The molecule has 0 saturated carbocycles. The Bertz CT molecular complexity index is 23.1. The molecule has 0 bridgehead atoms. The van der Waals surface area contributed by atoms with E-state index in [1.165, 1.54) is 0 Å². The Kier molecular flexibility index (Phi) is 0.640. The zero-order valence-corrected chi connectivity index (χ0v) is 4.50. The zero-order valence-electron chi connectivity index (χ0n) is 6.50. The van der Waals surface area contributed by atoms with Crippen molar-refractivity contribution in [1.82, 2.24) is 0 Å². The first-order chi connectivity index (χ1) is 3.00. The number of hydrogen-bond acceptors (Lipinski definition) is 0. The minimum atomic E-state index is 0. The van der Waals surface area contributed by atoms with E-state index >= 15 is 0 Å². The number of rotatable bonds is 0. The molecular formula is C5H16. The van der Waals surface area contributed by atoms with E-state index in [4.69, 9.17) is 2.97 Å². The van der Waals surface area contributed by atoms with Crippen LogP contribution in [0.2, 0.25) is 0 Å². The van der Waals surface area contributed by atoms with Crippen molar-refractivity contribution in [1.29, 1.82) is 0 Å². The van der Waals surface area contributed by atoms with Crippen LogP contribution in [0.3, 0.4) is 0 Å². The molecule has 0 aromatic heterocycles. The van der Waals surface area contributed by atoms with Gasteiger partial charge in [0.1, 0.15) is 0 Å². The van der Waals surface area contributed by atoms with Crippen LogP contribution in [0.4, 0.5) is 0 Å². The molecule has 0 aromatic carbocycles. The molecule has 0 aliphatic rings. The van der Waals surface area contributed by atoms with Crippen LogP contribution in [0.5, 0.6) is 0 Å². The molecule has 0 nitrogen and oxygen atoms in total. The molecule has 0 rings (SSSR count). The third-order valence-electron chi connectivity index (χ3n) is 0. The highest BCUT2D eigenvalue weighted by Crippen LogP contribution is 2.07. The number of hydrogen-bond donors (Lipinski definition) is 0. The van der Waals surface area contributed by atoms with E-state index in [0.29, 0.717) is 5.41 Å². The molecule has 0 radical (unpaired) electrons. The van der Waals surface area contributed by atoms with Gasteiger partial charge < -0.3 is 0 Å². The Morgan fingerprint density at radius 3 is 1.20 bits per heavy atom. The third kappa shape index (κ3) is 0. The van der Waals surface area contributed by atoms with Crippen molar-refractivity contribution in [2.45, 2.75) is 27.7 Å². The average molecular weight is 79.2 g/mol. The summed E-state index contributed by atoms with van der Waals surface area (Å²) in [5.74, 6) is 0. The molecule has 0 heteroatoms. The summed E-state index contributed by atoms with van der Waals surface area (Å²) in [4.78, 5) is 0. The van der Waals surface area contributed by atoms with Gasteiger partial charge in [-0.1, -0.05) is 27.7 Å². The van der Waals surface area contributed by atoms with Crippen molar-refractivity contribution in [3.63, 3.8) is 0 Å². The first kappa shape index (κ1) is 3.20. The first-order valence-corrected chi connectivity index (χ1v) is 2.00. The summed E-state index contributed by atoms with van der Waals surface area (Å²) in [7, 11) is 0. The lowest BCUT2D eigenvalue weighted by Crippen LogP contribution is -1.93. The molecule has 0 aliphatic carbocycles. The Balaban J connectivity index is -0.0000000750. The maximum absolute atomic E-state index is 5.00. The normalized spacial score (nSPS) is 13.6. The average Bonchev–Trinajstić information content (AvgIpc) is 1.36. The molecule has 5 heavy (non-hydrogen) atoms. The monoisotopic (exact) mass is 79.1 g/mol. The highest BCUT2D eigenvalue weighted by Gasteiger charge is 1.95. The lowest BCUT2D eigenvalue weighted by atomic mass is 10.0. The second-order valence-corrected chi connectivity index (χ2v) is 3.00. The van der Waals surface area contributed by atoms with Crippen LogP contribution < -0.4 is 0 Å². The van der Waals surface area contributed by atoms with Crippen molar-refractivity contribution in [2.24, 2.45) is 5.41 Å². The maximum atomic E-state index is 5.00. The van der Waals surface area contributed by atoms with Crippen molar-refractivity contribution in [3.8, 4) is 0 Å². The van der Waals surface area contributed by atoms with E-state index < -0.39 is 0 Å². The summed E-state index contributed by atoms with van der Waals surface area (Å²) < 4.78 is 10.0.